The minimum atomic E-state index is -4.09. The Bertz CT molecular complexity index is 1270. The van der Waals surface area contributed by atoms with E-state index < -0.39 is 27.5 Å². The predicted molar refractivity (Wildman–Crippen MR) is 127 cm³/mol. The molecule has 0 aliphatic carbocycles. The normalized spacial score (nSPS) is 17.5. The van der Waals surface area contributed by atoms with E-state index in [9.17, 15) is 8.42 Å². The number of methoxy groups -OCH3 is 3. The van der Waals surface area contributed by atoms with Crippen molar-refractivity contribution in [3.63, 3.8) is 0 Å². The molecule has 14 nitrogen and oxygen atoms in total. The molecule has 36 heavy (non-hydrogen) atoms. The summed E-state index contributed by atoms with van der Waals surface area (Å²) >= 11 is 0. The lowest BCUT2D eigenvalue weighted by atomic mass is 10.2. The van der Waals surface area contributed by atoms with Crippen LogP contribution in [-0.2, 0) is 19.5 Å². The highest BCUT2D eigenvalue weighted by molar-refractivity contribution is 7.93. The number of aromatic nitrogens is 7. The number of aryl methyl sites for hydroxylation is 1. The molecule has 3 aromatic heterocycles. The summed E-state index contributed by atoms with van der Waals surface area (Å²) in [6.07, 6.45) is 4.50. The summed E-state index contributed by atoms with van der Waals surface area (Å²) < 4.78 is 53.2. The van der Waals surface area contributed by atoms with Gasteiger partial charge in [0.2, 0.25) is 27.7 Å². The zero-order valence-electron chi connectivity index (χ0n) is 20.6. The third kappa shape index (κ3) is 4.94. The van der Waals surface area contributed by atoms with Crippen molar-refractivity contribution < 1.29 is 27.4 Å². The first-order valence-corrected chi connectivity index (χ1v) is 12.7. The van der Waals surface area contributed by atoms with Gasteiger partial charge in [0.15, 0.2) is 11.5 Å². The summed E-state index contributed by atoms with van der Waals surface area (Å²) in [5, 5.41) is 7.30. The number of nitrogens with zero attached hydrogens (tertiary/aromatic N) is 7. The van der Waals surface area contributed by atoms with Crippen molar-refractivity contribution in [2.24, 2.45) is 0 Å². The first-order valence-electron chi connectivity index (χ1n) is 11.1. The minimum absolute atomic E-state index is 0.108. The van der Waals surface area contributed by atoms with Gasteiger partial charge >= 0.3 is 0 Å². The van der Waals surface area contributed by atoms with E-state index in [1.54, 1.807) is 13.1 Å². The van der Waals surface area contributed by atoms with Crippen LogP contribution in [0.3, 0.4) is 0 Å². The van der Waals surface area contributed by atoms with Gasteiger partial charge in [-0.25, -0.2) is 8.42 Å². The molecule has 0 aromatic carbocycles. The van der Waals surface area contributed by atoms with E-state index in [4.69, 9.17) is 18.9 Å². The van der Waals surface area contributed by atoms with Gasteiger partial charge < -0.3 is 18.9 Å². The van der Waals surface area contributed by atoms with Gasteiger partial charge in [-0.3, -0.25) is 19.3 Å². The molecule has 194 valence electrons. The SMILES string of the molecule is COc1ncnc(OC)c1-n1c(NS(=O)(=O)C(C)C(OC)c2cnc(C)cn2)nnc1[C@@H]1CCCO1. The summed E-state index contributed by atoms with van der Waals surface area (Å²) in [7, 11) is 0.177. The Labute approximate surface area is 208 Å². The molecule has 0 saturated carbocycles. The molecule has 1 aliphatic rings. The number of nitrogens with one attached hydrogen (secondary N) is 1. The van der Waals surface area contributed by atoms with Crippen LogP contribution in [0.4, 0.5) is 5.95 Å². The molecule has 15 heteroatoms. The molecular formula is C21H28N8O6S. The summed E-state index contributed by atoms with van der Waals surface area (Å²) in [5.41, 5.74) is 1.31. The monoisotopic (exact) mass is 520 g/mol. The molecular weight excluding hydrogens is 492 g/mol. The first-order chi connectivity index (χ1) is 17.3. The van der Waals surface area contributed by atoms with Gasteiger partial charge in [-0.15, -0.1) is 10.2 Å². The van der Waals surface area contributed by atoms with Crippen LogP contribution in [0.1, 0.15) is 49.2 Å². The molecule has 2 unspecified atom stereocenters. The Morgan fingerprint density at radius 3 is 2.36 bits per heavy atom. The van der Waals surface area contributed by atoms with E-state index in [-0.39, 0.29) is 23.4 Å². The van der Waals surface area contributed by atoms with Crippen LogP contribution < -0.4 is 14.2 Å². The van der Waals surface area contributed by atoms with Gasteiger partial charge in [-0.2, -0.15) is 9.97 Å². The fourth-order valence-electron chi connectivity index (χ4n) is 3.90. The maximum absolute atomic E-state index is 13.5. The van der Waals surface area contributed by atoms with E-state index in [2.05, 4.69) is 34.9 Å². The topological polar surface area (TPSA) is 165 Å². The molecule has 3 atom stereocenters. The third-order valence-corrected chi connectivity index (χ3v) is 7.46. The second-order valence-corrected chi connectivity index (χ2v) is 10.1. The van der Waals surface area contributed by atoms with Crippen molar-refractivity contribution in [1.29, 1.82) is 0 Å². The average Bonchev–Trinajstić information content (AvgIpc) is 3.54. The fourth-order valence-corrected chi connectivity index (χ4v) is 5.04. The first kappa shape index (κ1) is 25.7. The molecule has 1 fully saturated rings. The third-order valence-electron chi connectivity index (χ3n) is 5.77. The van der Waals surface area contributed by atoms with E-state index in [1.807, 2.05) is 0 Å². The average molecular weight is 521 g/mol. The summed E-state index contributed by atoms with van der Waals surface area (Å²) in [5.74, 6) is 0.527. The highest BCUT2D eigenvalue weighted by atomic mass is 32.2. The molecule has 0 spiro atoms. The lowest BCUT2D eigenvalue weighted by molar-refractivity contribution is 0.0985. The van der Waals surface area contributed by atoms with Crippen molar-refractivity contribution >= 4 is 16.0 Å². The van der Waals surface area contributed by atoms with Crippen molar-refractivity contribution in [3.8, 4) is 17.4 Å². The second-order valence-electron chi connectivity index (χ2n) is 8.05. The highest BCUT2D eigenvalue weighted by Gasteiger charge is 2.36. The Morgan fingerprint density at radius 1 is 1.08 bits per heavy atom. The predicted octanol–water partition coefficient (Wildman–Crippen LogP) is 1.54. The van der Waals surface area contributed by atoms with Crippen LogP contribution in [0.25, 0.3) is 5.69 Å². The second kappa shape index (κ2) is 10.7. The molecule has 4 rings (SSSR count). The van der Waals surface area contributed by atoms with E-state index in [1.165, 1.54) is 45.3 Å². The Balaban J connectivity index is 1.77. The van der Waals surface area contributed by atoms with Crippen LogP contribution in [0.5, 0.6) is 11.8 Å². The summed E-state index contributed by atoms with van der Waals surface area (Å²) in [4.78, 5) is 16.8. The Morgan fingerprint density at radius 2 is 1.81 bits per heavy atom. The number of sulfonamides is 1. The molecule has 0 amide bonds. The number of rotatable bonds is 10. The molecule has 4 heterocycles. The van der Waals surface area contributed by atoms with E-state index >= 15 is 0 Å². The fraction of sp³-hybridized carbons (Fsp3) is 0.524. The Hall–Kier alpha value is -3.43. The number of hydrogen-bond donors (Lipinski definition) is 1. The van der Waals surface area contributed by atoms with Gasteiger partial charge in [0.05, 0.1) is 31.8 Å². The van der Waals surface area contributed by atoms with Crippen LogP contribution in [0.2, 0.25) is 0 Å². The van der Waals surface area contributed by atoms with Gasteiger partial charge in [0, 0.05) is 19.9 Å². The van der Waals surface area contributed by atoms with Crippen molar-refractivity contribution in [3.05, 3.63) is 35.9 Å². The van der Waals surface area contributed by atoms with Crippen LogP contribution in [0.15, 0.2) is 18.7 Å². The minimum Gasteiger partial charge on any atom is -0.479 e. The molecule has 0 radical (unpaired) electrons. The number of ether oxygens (including phenoxy) is 4. The van der Waals surface area contributed by atoms with Gasteiger partial charge in [0.1, 0.15) is 23.8 Å². The largest absolute Gasteiger partial charge is 0.479 e. The van der Waals surface area contributed by atoms with Crippen LogP contribution in [0, 0.1) is 6.92 Å². The van der Waals surface area contributed by atoms with Crippen molar-refractivity contribution in [2.75, 3.05) is 32.7 Å². The standard InChI is InChI=1S/C21H28N8O6S/c1-12-9-23-14(10-22-12)17(32-3)13(2)36(30,31)28-21-27-26-18(15-7-6-8-35-15)29(21)16-19(33-4)24-11-25-20(16)34-5/h9-11,13,15,17H,6-8H2,1-5H3,(H,27,28)/t13?,15-,17?/m0/s1. The van der Waals surface area contributed by atoms with Crippen LogP contribution in [-0.4, -0.2) is 76.3 Å². The molecule has 1 aliphatic heterocycles. The smallest absolute Gasteiger partial charge is 0.245 e. The molecule has 1 saturated heterocycles. The Kier molecular flexibility index (Phi) is 7.61. The lowest BCUT2D eigenvalue weighted by Crippen LogP contribution is -2.33. The van der Waals surface area contributed by atoms with Crippen molar-refractivity contribution in [2.45, 2.75) is 44.1 Å². The number of hydrogen-bond acceptors (Lipinski definition) is 12. The molecule has 3 aromatic rings. The summed E-state index contributed by atoms with van der Waals surface area (Å²) in [6.45, 7) is 3.84. The lowest BCUT2D eigenvalue weighted by Gasteiger charge is -2.23. The molecule has 1 N–H and O–H groups in total. The van der Waals surface area contributed by atoms with Crippen molar-refractivity contribution in [1.82, 2.24) is 34.7 Å². The van der Waals surface area contributed by atoms with Gasteiger partial charge in [0.25, 0.3) is 0 Å². The maximum atomic E-state index is 13.5. The number of anilines is 1. The van der Waals surface area contributed by atoms with Crippen LogP contribution >= 0.6 is 0 Å². The summed E-state index contributed by atoms with van der Waals surface area (Å²) in [6, 6.07) is 0. The maximum Gasteiger partial charge on any atom is 0.245 e. The van der Waals surface area contributed by atoms with E-state index in [0.29, 0.717) is 30.2 Å². The van der Waals surface area contributed by atoms with E-state index in [0.717, 1.165) is 6.42 Å². The zero-order valence-corrected chi connectivity index (χ0v) is 21.4. The quantitative estimate of drug-likeness (QED) is 0.410. The van der Waals surface area contributed by atoms with Gasteiger partial charge in [-0.1, -0.05) is 0 Å². The van der Waals surface area contributed by atoms with Gasteiger partial charge in [-0.05, 0) is 26.7 Å². The molecule has 0 bridgehead atoms. The highest BCUT2D eigenvalue weighted by Crippen LogP contribution is 2.37. The zero-order chi connectivity index (χ0) is 25.9.